The van der Waals surface area contributed by atoms with E-state index in [-0.39, 0.29) is 11.3 Å². The van der Waals surface area contributed by atoms with E-state index in [9.17, 15) is 39.3 Å². The summed E-state index contributed by atoms with van der Waals surface area (Å²) in [5.41, 5.74) is 2.58. The van der Waals surface area contributed by atoms with Crippen molar-refractivity contribution in [3.63, 3.8) is 0 Å². The smallest absolute Gasteiger partial charge is 0.235 e. The number of carbonyl (C=O) groups excluding carboxylic acids is 5. The van der Waals surface area contributed by atoms with Crippen LogP contribution in [0.15, 0.2) is 18.2 Å². The predicted octanol–water partition coefficient (Wildman–Crippen LogP) is -1.60. The molecule has 170 valence electrons. The van der Waals surface area contributed by atoms with Crippen molar-refractivity contribution in [3.05, 3.63) is 29.3 Å². The molecule has 1 aromatic carbocycles. The molecule has 32 heavy (non-hydrogen) atoms. The molecule has 0 heterocycles. The SMILES string of the molecule is C[C@H]1c2cccc(O)c2C(=O)[C@H]2C(=O)[C@]3(O)C(=O)[C@@H](C(N)=O)C(=O)[C@@H](N(C)C)[C@@H]3[C@@H](O)[C@@H]21. The zero-order valence-corrected chi connectivity index (χ0v) is 17.7. The van der Waals surface area contributed by atoms with E-state index in [0.717, 1.165) is 0 Å². The lowest BCUT2D eigenvalue weighted by atomic mass is 9.49. The van der Waals surface area contributed by atoms with Crippen LogP contribution in [0.5, 0.6) is 5.75 Å². The lowest BCUT2D eigenvalue weighted by Gasteiger charge is -2.55. The first-order valence-corrected chi connectivity index (χ1v) is 10.2. The van der Waals surface area contributed by atoms with Crippen molar-refractivity contribution < 1.29 is 39.3 Å². The fourth-order valence-corrected chi connectivity index (χ4v) is 5.95. The number of amides is 1. The summed E-state index contributed by atoms with van der Waals surface area (Å²) in [5, 5.41) is 33.1. The summed E-state index contributed by atoms with van der Waals surface area (Å²) in [4.78, 5) is 66.3. The number of likely N-dealkylation sites (N-methyl/N-ethyl adjacent to an activating group) is 1. The van der Waals surface area contributed by atoms with E-state index in [1.54, 1.807) is 13.0 Å². The predicted molar refractivity (Wildman–Crippen MR) is 107 cm³/mol. The number of benzene rings is 1. The van der Waals surface area contributed by atoms with Gasteiger partial charge in [0.25, 0.3) is 0 Å². The minimum absolute atomic E-state index is 0.112. The number of rotatable bonds is 2. The highest BCUT2D eigenvalue weighted by atomic mass is 16.3. The first-order valence-electron chi connectivity index (χ1n) is 10.2. The number of nitrogens with zero attached hydrogens (tertiary/aromatic N) is 1. The molecule has 2 saturated carbocycles. The highest BCUT2D eigenvalue weighted by Gasteiger charge is 2.72. The van der Waals surface area contributed by atoms with Crippen LogP contribution in [-0.2, 0) is 19.2 Å². The molecule has 0 unspecified atom stereocenters. The van der Waals surface area contributed by atoms with Gasteiger partial charge in [-0.1, -0.05) is 19.1 Å². The number of nitrogens with two attached hydrogens (primary N) is 1. The first-order chi connectivity index (χ1) is 14.9. The second-order valence-electron chi connectivity index (χ2n) is 9.11. The van der Waals surface area contributed by atoms with E-state index in [4.69, 9.17) is 5.73 Å². The topological polar surface area (TPSA) is 175 Å². The fraction of sp³-hybridized carbons (Fsp3) is 0.500. The number of aromatic hydroxyl groups is 1. The summed E-state index contributed by atoms with van der Waals surface area (Å²) >= 11 is 0. The number of hydrogen-bond acceptors (Lipinski definition) is 9. The Labute approximate surface area is 183 Å². The molecule has 1 amide bonds. The number of hydrogen-bond donors (Lipinski definition) is 4. The van der Waals surface area contributed by atoms with Crippen LogP contribution in [0.4, 0.5) is 0 Å². The van der Waals surface area contributed by atoms with E-state index in [0.29, 0.717) is 5.56 Å². The third-order valence-electron chi connectivity index (χ3n) is 7.35. The van der Waals surface area contributed by atoms with E-state index < -0.39 is 76.4 Å². The standard InChI is InChI=1S/C22H24N2O8/c1-7-8-5-4-6-9(25)11(8)16(26)12-10(7)17(27)14-15(24(2)3)18(28)13(21(23)31)20(30)22(14,32)19(12)29/h4-7,10,12-15,17,25,27,32H,1-3H3,(H2,23,31)/t7-,10+,12-,13-,14+,15-,17-,22-/m0/s1. The van der Waals surface area contributed by atoms with Gasteiger partial charge in [0, 0.05) is 5.92 Å². The van der Waals surface area contributed by atoms with E-state index in [1.165, 1.54) is 31.1 Å². The molecule has 0 aliphatic heterocycles. The van der Waals surface area contributed by atoms with Crippen LogP contribution in [0, 0.1) is 23.7 Å². The lowest BCUT2D eigenvalue weighted by Crippen LogP contribution is -2.77. The maximum absolute atomic E-state index is 13.6. The molecule has 2 fully saturated rings. The van der Waals surface area contributed by atoms with Gasteiger partial charge in [0.1, 0.15) is 5.75 Å². The minimum atomic E-state index is -2.97. The van der Waals surface area contributed by atoms with Crippen molar-refractivity contribution in [2.75, 3.05) is 14.1 Å². The fourth-order valence-electron chi connectivity index (χ4n) is 5.95. The maximum atomic E-state index is 13.6. The van der Waals surface area contributed by atoms with Crippen molar-refractivity contribution in [3.8, 4) is 5.75 Å². The van der Waals surface area contributed by atoms with Crippen LogP contribution in [0.3, 0.4) is 0 Å². The quantitative estimate of drug-likeness (QED) is 0.391. The Morgan fingerprint density at radius 1 is 1.12 bits per heavy atom. The van der Waals surface area contributed by atoms with Crippen molar-refractivity contribution >= 4 is 29.0 Å². The Kier molecular flexibility index (Phi) is 4.89. The van der Waals surface area contributed by atoms with Gasteiger partial charge in [0.2, 0.25) is 5.91 Å². The maximum Gasteiger partial charge on any atom is 0.235 e. The summed E-state index contributed by atoms with van der Waals surface area (Å²) in [6.45, 7) is 1.66. The first kappa shape index (κ1) is 22.3. The Hall–Kier alpha value is -2.95. The lowest BCUT2D eigenvalue weighted by molar-refractivity contribution is -0.196. The summed E-state index contributed by atoms with van der Waals surface area (Å²) < 4.78 is 0. The molecule has 3 aliphatic carbocycles. The van der Waals surface area contributed by atoms with Crippen molar-refractivity contribution in [2.45, 2.75) is 30.6 Å². The molecule has 10 heteroatoms. The van der Waals surface area contributed by atoms with Gasteiger partial charge in [-0.05, 0) is 31.6 Å². The monoisotopic (exact) mass is 444 g/mol. The Bertz CT molecular complexity index is 1080. The van der Waals surface area contributed by atoms with Crippen LogP contribution in [0.25, 0.3) is 0 Å². The number of aliphatic hydroxyl groups is 2. The largest absolute Gasteiger partial charge is 0.507 e. The summed E-state index contributed by atoms with van der Waals surface area (Å²) in [5.74, 6) is -13.1. The van der Waals surface area contributed by atoms with Gasteiger partial charge >= 0.3 is 0 Å². The average Bonchev–Trinajstić information content (AvgIpc) is 2.70. The molecule has 8 atom stereocenters. The van der Waals surface area contributed by atoms with Crippen molar-refractivity contribution in [1.82, 2.24) is 4.90 Å². The minimum Gasteiger partial charge on any atom is -0.507 e. The number of phenols is 1. The van der Waals surface area contributed by atoms with Crippen molar-refractivity contribution in [1.29, 1.82) is 0 Å². The molecule has 4 rings (SSSR count). The van der Waals surface area contributed by atoms with Crippen LogP contribution in [0.1, 0.15) is 28.8 Å². The van der Waals surface area contributed by atoms with E-state index >= 15 is 0 Å². The number of primary amides is 1. The highest BCUT2D eigenvalue weighted by molar-refractivity contribution is 6.32. The number of ketones is 4. The second kappa shape index (κ2) is 7.03. The second-order valence-corrected chi connectivity index (χ2v) is 9.11. The number of phenolic OH excluding ortho intramolecular Hbond substituents is 1. The average molecular weight is 444 g/mol. The summed E-state index contributed by atoms with van der Waals surface area (Å²) in [6.07, 6.45) is -1.62. The number of aliphatic hydroxyl groups excluding tert-OH is 1. The van der Waals surface area contributed by atoms with Gasteiger partial charge in [-0.3, -0.25) is 28.9 Å². The number of fused-ring (bicyclic) bond motifs is 3. The van der Waals surface area contributed by atoms with Gasteiger partial charge in [0.15, 0.2) is 34.7 Å². The number of carbonyl (C=O) groups is 5. The van der Waals surface area contributed by atoms with Crippen molar-refractivity contribution in [2.24, 2.45) is 29.4 Å². The third kappa shape index (κ3) is 2.54. The van der Waals surface area contributed by atoms with Gasteiger partial charge < -0.3 is 21.1 Å². The van der Waals surface area contributed by atoms with Gasteiger partial charge in [-0.2, -0.15) is 0 Å². The van der Waals surface area contributed by atoms with Crippen LogP contribution in [0.2, 0.25) is 0 Å². The van der Waals surface area contributed by atoms with Crippen LogP contribution >= 0.6 is 0 Å². The molecule has 0 radical (unpaired) electrons. The van der Waals surface area contributed by atoms with Gasteiger partial charge in [-0.15, -0.1) is 0 Å². The normalized spacial score (nSPS) is 38.9. The zero-order chi connectivity index (χ0) is 23.9. The van der Waals surface area contributed by atoms with E-state index in [1.807, 2.05) is 0 Å². The zero-order valence-electron chi connectivity index (χ0n) is 17.7. The van der Waals surface area contributed by atoms with Gasteiger partial charge in [-0.25, -0.2) is 0 Å². The Morgan fingerprint density at radius 2 is 1.75 bits per heavy atom. The molecule has 0 spiro atoms. The summed E-state index contributed by atoms with van der Waals surface area (Å²) in [7, 11) is 2.89. The van der Waals surface area contributed by atoms with Crippen LogP contribution < -0.4 is 5.73 Å². The molecule has 5 N–H and O–H groups in total. The molecule has 0 saturated heterocycles. The van der Waals surface area contributed by atoms with Gasteiger partial charge in [0.05, 0.1) is 29.5 Å². The Morgan fingerprint density at radius 3 is 2.31 bits per heavy atom. The summed E-state index contributed by atoms with van der Waals surface area (Å²) in [6, 6.07) is 3.03. The molecule has 1 aromatic rings. The molecule has 0 aromatic heterocycles. The molecule has 10 nitrogen and oxygen atoms in total. The third-order valence-corrected chi connectivity index (χ3v) is 7.35. The molecular formula is C22H24N2O8. The highest BCUT2D eigenvalue weighted by Crippen LogP contribution is 2.54. The molecular weight excluding hydrogens is 420 g/mol. The van der Waals surface area contributed by atoms with E-state index in [2.05, 4.69) is 0 Å². The Balaban J connectivity index is 1.96. The molecule has 3 aliphatic rings. The molecule has 0 bridgehead atoms. The van der Waals surface area contributed by atoms with Crippen LogP contribution in [-0.4, -0.2) is 81.1 Å². The number of Topliss-reactive ketones (excluding diaryl/α,β-unsaturated/α-hetero) is 4.